The predicted molar refractivity (Wildman–Crippen MR) is 60.2 cm³/mol. The molecule has 8 heteroatoms. The van der Waals surface area contributed by atoms with Crippen LogP contribution in [-0.4, -0.2) is 30.3 Å². The van der Waals surface area contributed by atoms with Crippen molar-refractivity contribution in [1.82, 2.24) is 10.0 Å². The highest BCUT2D eigenvalue weighted by Crippen LogP contribution is 2.29. The summed E-state index contributed by atoms with van der Waals surface area (Å²) in [4.78, 5) is 26.7. The van der Waals surface area contributed by atoms with Gasteiger partial charge >= 0.3 is 0 Å². The Hall–Kier alpha value is -2.19. The molecule has 1 aliphatic heterocycles. The van der Waals surface area contributed by atoms with Crippen molar-refractivity contribution < 1.29 is 22.3 Å². The molecular formula is C10H6N2O5S. The molecule has 0 unspecified atom stereocenters. The number of nitrogens with zero attached hydrogens (tertiary/aromatic N) is 1. The van der Waals surface area contributed by atoms with E-state index >= 15 is 0 Å². The van der Waals surface area contributed by atoms with Crippen molar-refractivity contribution in [2.45, 2.75) is 0 Å². The van der Waals surface area contributed by atoms with Gasteiger partial charge in [0.25, 0.3) is 22.8 Å². The van der Waals surface area contributed by atoms with E-state index in [0.29, 0.717) is 10.9 Å². The minimum Gasteiger partial charge on any atom is -0.360 e. The second-order valence-electron chi connectivity index (χ2n) is 3.64. The Balaban J connectivity index is 2.27. The van der Waals surface area contributed by atoms with Crippen LogP contribution in [0, 0.1) is 0 Å². The van der Waals surface area contributed by atoms with Gasteiger partial charge in [0.15, 0.2) is 0 Å². The third kappa shape index (κ3) is 1.36. The van der Waals surface area contributed by atoms with E-state index in [1.165, 1.54) is 12.3 Å². The van der Waals surface area contributed by atoms with Gasteiger partial charge in [0.05, 0.1) is 11.1 Å². The smallest absolute Gasteiger partial charge is 0.288 e. The molecular weight excluding hydrogens is 260 g/mol. The van der Waals surface area contributed by atoms with Gasteiger partial charge in [0.1, 0.15) is 0 Å². The highest BCUT2D eigenvalue weighted by molar-refractivity contribution is 7.67. The van der Waals surface area contributed by atoms with Crippen LogP contribution in [0.25, 0.3) is 10.9 Å². The van der Waals surface area contributed by atoms with Gasteiger partial charge in [-0.15, -0.1) is 9.35 Å². The molecule has 2 amide bonds. The van der Waals surface area contributed by atoms with E-state index < -0.39 is 22.8 Å². The normalized spacial score (nSPS) is 14.8. The minimum absolute atomic E-state index is 0.206. The van der Waals surface area contributed by atoms with Gasteiger partial charge in [-0.3, -0.25) is 9.59 Å². The lowest BCUT2D eigenvalue weighted by atomic mass is 10.0. The number of aromatic nitrogens is 1. The molecule has 0 spiro atoms. The molecule has 0 saturated carbocycles. The van der Waals surface area contributed by atoms with Crippen molar-refractivity contribution in [1.29, 1.82) is 0 Å². The number of amides is 2. The highest BCUT2D eigenvalue weighted by atomic mass is 32.2. The molecule has 92 valence electrons. The number of hydrogen-bond acceptors (Lipinski definition) is 5. The molecule has 0 fully saturated rings. The van der Waals surface area contributed by atoms with Gasteiger partial charge in [-0.2, -0.15) is 0 Å². The number of nitrogens with one attached hydrogen (secondary N) is 1. The Labute approximate surface area is 102 Å². The van der Waals surface area contributed by atoms with E-state index in [0.717, 1.165) is 0 Å². The maximum Gasteiger partial charge on any atom is 0.288 e. The predicted octanol–water partition coefficient (Wildman–Crippen LogP) is 0.222. The van der Waals surface area contributed by atoms with E-state index in [-0.39, 0.29) is 16.2 Å². The fourth-order valence-corrected chi connectivity index (χ4v) is 2.27. The average Bonchev–Trinajstić information content (AvgIpc) is 2.76. The molecule has 2 aromatic rings. The summed E-state index contributed by atoms with van der Waals surface area (Å²) in [5.41, 5.74) is 1.06. The zero-order valence-electron chi connectivity index (χ0n) is 8.75. The van der Waals surface area contributed by atoms with Crippen LogP contribution in [0.4, 0.5) is 0 Å². The molecule has 1 aromatic heterocycles. The minimum atomic E-state index is -3.34. The highest BCUT2D eigenvalue weighted by Gasteiger charge is 2.35. The largest absolute Gasteiger partial charge is 0.360 e. The van der Waals surface area contributed by atoms with Gasteiger partial charge in [-0.05, 0) is 12.1 Å². The zero-order chi connectivity index (χ0) is 12.9. The lowest BCUT2D eigenvalue weighted by molar-refractivity contribution is -0.0126. The summed E-state index contributed by atoms with van der Waals surface area (Å²) in [6, 6.07) is 4.84. The number of carbonyl (C=O) groups excluding carboxylic acids is 2. The van der Waals surface area contributed by atoms with E-state index in [1.54, 1.807) is 12.1 Å². The summed E-state index contributed by atoms with van der Waals surface area (Å²) in [5, 5.41) is 0.727. The molecule has 1 N–H and O–H groups in total. The SMILES string of the molecule is O=C1c2cccc3[nH]cc(c23)C(=O)N1O[SH](=O)=O. The monoisotopic (exact) mass is 266 g/mol. The van der Waals surface area contributed by atoms with E-state index in [1.807, 2.05) is 0 Å². The number of hydrogen-bond donors (Lipinski definition) is 2. The Morgan fingerprint density at radius 1 is 1.11 bits per heavy atom. The first kappa shape index (κ1) is 10.9. The summed E-state index contributed by atoms with van der Waals surface area (Å²) in [7, 11) is -3.34. The molecule has 0 atom stereocenters. The first-order valence-electron chi connectivity index (χ1n) is 4.91. The third-order valence-electron chi connectivity index (χ3n) is 2.68. The number of rotatable bonds is 2. The quantitative estimate of drug-likeness (QED) is 0.598. The topological polar surface area (TPSA) is 96.5 Å². The van der Waals surface area contributed by atoms with Crippen molar-refractivity contribution in [2.75, 3.05) is 0 Å². The maximum absolute atomic E-state index is 11.9. The molecule has 18 heavy (non-hydrogen) atoms. The second kappa shape index (κ2) is 3.65. The van der Waals surface area contributed by atoms with Crippen LogP contribution >= 0.6 is 0 Å². The number of hydroxylamine groups is 2. The number of imide groups is 1. The fourth-order valence-electron chi connectivity index (χ4n) is 1.98. The Morgan fingerprint density at radius 2 is 1.83 bits per heavy atom. The number of carbonyl (C=O) groups is 2. The van der Waals surface area contributed by atoms with Crippen LogP contribution in [0.15, 0.2) is 24.4 Å². The molecule has 0 saturated heterocycles. The van der Waals surface area contributed by atoms with E-state index in [9.17, 15) is 18.0 Å². The first-order valence-corrected chi connectivity index (χ1v) is 6.00. The third-order valence-corrected chi connectivity index (χ3v) is 2.98. The Morgan fingerprint density at radius 3 is 2.56 bits per heavy atom. The fraction of sp³-hybridized carbons (Fsp3) is 0. The molecule has 0 aliphatic carbocycles. The Bertz CT molecular complexity index is 753. The molecule has 3 rings (SSSR count). The van der Waals surface area contributed by atoms with Crippen molar-refractivity contribution >= 4 is 33.7 Å². The van der Waals surface area contributed by atoms with Crippen LogP contribution in [0.1, 0.15) is 20.7 Å². The summed E-state index contributed by atoms with van der Waals surface area (Å²) >= 11 is 0. The summed E-state index contributed by atoms with van der Waals surface area (Å²) < 4.78 is 25.3. The zero-order valence-corrected chi connectivity index (χ0v) is 9.64. The summed E-state index contributed by atoms with van der Waals surface area (Å²) in [6.07, 6.45) is 1.41. The van der Waals surface area contributed by atoms with Crippen LogP contribution < -0.4 is 0 Å². The van der Waals surface area contributed by atoms with Crippen LogP contribution in [0.3, 0.4) is 0 Å². The van der Waals surface area contributed by atoms with Gasteiger partial charge < -0.3 is 4.98 Å². The maximum atomic E-state index is 11.9. The van der Waals surface area contributed by atoms with Crippen molar-refractivity contribution in [3.8, 4) is 0 Å². The molecule has 2 heterocycles. The van der Waals surface area contributed by atoms with Crippen LogP contribution in [0.5, 0.6) is 0 Å². The first-order chi connectivity index (χ1) is 8.59. The number of H-pyrrole nitrogens is 1. The van der Waals surface area contributed by atoms with E-state index in [4.69, 9.17) is 0 Å². The molecule has 0 bridgehead atoms. The standard InChI is InChI=1S/C10H6N2O5S/c13-9-5-2-1-3-7-8(5)6(4-11-7)10(14)12(9)17-18(15)16/h1-4,11,18H. The lowest BCUT2D eigenvalue weighted by Gasteiger charge is -2.20. The number of aromatic amines is 1. The molecule has 0 radical (unpaired) electrons. The van der Waals surface area contributed by atoms with Gasteiger partial charge in [0, 0.05) is 17.1 Å². The number of thiol groups is 1. The second-order valence-corrected chi connectivity index (χ2v) is 4.25. The molecule has 1 aromatic carbocycles. The summed E-state index contributed by atoms with van der Waals surface area (Å²) in [5.74, 6) is -1.60. The lowest BCUT2D eigenvalue weighted by Crippen LogP contribution is -2.39. The van der Waals surface area contributed by atoms with Crippen molar-refractivity contribution in [3.05, 3.63) is 35.5 Å². The number of benzene rings is 1. The molecule has 7 nitrogen and oxygen atoms in total. The van der Waals surface area contributed by atoms with Gasteiger partial charge in [-0.25, -0.2) is 8.42 Å². The summed E-state index contributed by atoms with van der Waals surface area (Å²) in [6.45, 7) is 0. The van der Waals surface area contributed by atoms with Crippen molar-refractivity contribution in [2.24, 2.45) is 0 Å². The average molecular weight is 266 g/mol. The van der Waals surface area contributed by atoms with E-state index in [2.05, 4.69) is 9.27 Å². The van der Waals surface area contributed by atoms with Gasteiger partial charge in [0.2, 0.25) is 0 Å². The van der Waals surface area contributed by atoms with Crippen LogP contribution in [-0.2, 0) is 15.3 Å². The van der Waals surface area contributed by atoms with Gasteiger partial charge in [-0.1, -0.05) is 6.07 Å². The van der Waals surface area contributed by atoms with Crippen molar-refractivity contribution in [3.63, 3.8) is 0 Å². The molecule has 1 aliphatic rings. The Kier molecular flexibility index (Phi) is 2.22. The van der Waals surface area contributed by atoms with Crippen LogP contribution in [0.2, 0.25) is 0 Å².